The van der Waals surface area contributed by atoms with Gasteiger partial charge in [-0.3, -0.25) is 4.79 Å². The summed E-state index contributed by atoms with van der Waals surface area (Å²) in [6, 6.07) is 6.01. The van der Waals surface area contributed by atoms with Crippen LogP contribution in [0.4, 0.5) is 5.13 Å². The number of carbonyl (C=O) groups excluding carboxylic acids is 2. The summed E-state index contributed by atoms with van der Waals surface area (Å²) in [6.45, 7) is 7.69. The predicted octanol–water partition coefficient (Wildman–Crippen LogP) is 2.95. The number of carbonyl (C=O) groups is 2. The molecule has 1 amide bonds. The van der Waals surface area contributed by atoms with Crippen molar-refractivity contribution in [3.8, 4) is 5.69 Å². The number of aryl methyl sites for hydroxylation is 3. The molecule has 0 saturated heterocycles. The Balaban J connectivity index is 1.65. The Morgan fingerprint density at radius 1 is 1.28 bits per heavy atom. The Labute approximate surface area is 175 Å². The molecule has 3 aromatic rings. The van der Waals surface area contributed by atoms with Crippen LogP contribution < -0.4 is 5.32 Å². The second kappa shape index (κ2) is 9.14. The topological polar surface area (TPSA) is 112 Å². The Morgan fingerprint density at radius 3 is 2.83 bits per heavy atom. The third-order valence-electron chi connectivity index (χ3n) is 3.87. The molecule has 2 heterocycles. The van der Waals surface area contributed by atoms with Crippen molar-refractivity contribution in [1.82, 2.24) is 25.2 Å². The molecular weight excluding hydrogens is 412 g/mol. The molecule has 0 aliphatic heterocycles. The van der Waals surface area contributed by atoms with Gasteiger partial charge < -0.3 is 10.1 Å². The molecule has 0 radical (unpaired) electrons. The quantitative estimate of drug-likeness (QED) is 0.448. The van der Waals surface area contributed by atoms with Gasteiger partial charge in [-0.25, -0.2) is 9.78 Å². The minimum absolute atomic E-state index is 0.0958. The highest BCUT2D eigenvalue weighted by Gasteiger charge is 2.18. The number of ether oxygens (including phenoxy) is 1. The molecule has 9 nitrogen and oxygen atoms in total. The van der Waals surface area contributed by atoms with Gasteiger partial charge in [0.25, 0.3) is 0 Å². The molecule has 0 bridgehead atoms. The summed E-state index contributed by atoms with van der Waals surface area (Å²) >= 11 is 2.31. The van der Waals surface area contributed by atoms with Crippen molar-refractivity contribution in [1.29, 1.82) is 0 Å². The summed E-state index contributed by atoms with van der Waals surface area (Å²) in [7, 11) is 0. The van der Waals surface area contributed by atoms with Gasteiger partial charge in [-0.15, -0.1) is 5.10 Å². The first-order valence-corrected chi connectivity index (χ1v) is 10.6. The van der Waals surface area contributed by atoms with Gasteiger partial charge in [-0.1, -0.05) is 35.2 Å². The molecule has 0 fully saturated rings. The van der Waals surface area contributed by atoms with Crippen LogP contribution in [0.1, 0.15) is 33.4 Å². The van der Waals surface area contributed by atoms with Crippen LogP contribution in [0.5, 0.6) is 0 Å². The summed E-state index contributed by atoms with van der Waals surface area (Å²) in [6.07, 6.45) is 0. The largest absolute Gasteiger partial charge is 0.462 e. The monoisotopic (exact) mass is 432 g/mol. The van der Waals surface area contributed by atoms with Gasteiger partial charge in [0.05, 0.1) is 23.7 Å². The zero-order chi connectivity index (χ0) is 21.0. The first kappa shape index (κ1) is 20.9. The minimum atomic E-state index is -0.440. The number of nitrogens with one attached hydrogen (secondary N) is 1. The van der Waals surface area contributed by atoms with Crippen molar-refractivity contribution < 1.29 is 14.3 Å². The molecular formula is C18H20N6O3S2. The zero-order valence-electron chi connectivity index (χ0n) is 16.4. The number of thioether (sulfide) groups is 1. The average molecular weight is 433 g/mol. The maximum absolute atomic E-state index is 12.3. The number of rotatable bonds is 7. The lowest BCUT2D eigenvalue weighted by atomic mass is 10.1. The average Bonchev–Trinajstić information content (AvgIpc) is 3.28. The summed E-state index contributed by atoms with van der Waals surface area (Å²) in [5.41, 5.74) is 3.51. The first-order chi connectivity index (χ1) is 13.9. The number of benzene rings is 1. The third kappa shape index (κ3) is 4.98. The maximum Gasteiger partial charge on any atom is 0.350 e. The molecule has 152 valence electrons. The van der Waals surface area contributed by atoms with E-state index in [0.29, 0.717) is 20.9 Å². The van der Waals surface area contributed by atoms with E-state index in [1.807, 2.05) is 32.0 Å². The van der Waals surface area contributed by atoms with E-state index in [1.165, 1.54) is 11.8 Å². The van der Waals surface area contributed by atoms with E-state index in [4.69, 9.17) is 4.74 Å². The van der Waals surface area contributed by atoms with Gasteiger partial charge in [-0.2, -0.15) is 4.68 Å². The molecule has 0 aliphatic carbocycles. The molecule has 0 spiro atoms. The number of hydrogen-bond donors (Lipinski definition) is 1. The minimum Gasteiger partial charge on any atom is -0.462 e. The van der Waals surface area contributed by atoms with E-state index in [-0.39, 0.29) is 18.3 Å². The summed E-state index contributed by atoms with van der Waals surface area (Å²) in [5, 5.41) is 15.4. The fourth-order valence-corrected chi connectivity index (χ4v) is 4.05. The maximum atomic E-state index is 12.3. The normalized spacial score (nSPS) is 10.8. The number of nitrogens with zero attached hydrogens (tertiary/aromatic N) is 5. The lowest BCUT2D eigenvalue weighted by Gasteiger charge is -2.08. The van der Waals surface area contributed by atoms with Crippen LogP contribution >= 0.6 is 23.1 Å². The van der Waals surface area contributed by atoms with E-state index in [2.05, 4.69) is 25.8 Å². The van der Waals surface area contributed by atoms with Crippen LogP contribution in [0, 0.1) is 20.8 Å². The Morgan fingerprint density at radius 2 is 2.07 bits per heavy atom. The Bertz CT molecular complexity index is 1050. The third-order valence-corrected chi connectivity index (χ3v) is 5.84. The van der Waals surface area contributed by atoms with Crippen molar-refractivity contribution in [3.63, 3.8) is 0 Å². The summed E-state index contributed by atoms with van der Waals surface area (Å²) in [5.74, 6) is -0.613. The number of aromatic nitrogens is 5. The van der Waals surface area contributed by atoms with Gasteiger partial charge in [0.1, 0.15) is 4.88 Å². The highest BCUT2D eigenvalue weighted by atomic mass is 32.2. The number of amides is 1. The molecule has 0 atom stereocenters. The Kier molecular flexibility index (Phi) is 6.60. The number of thiazole rings is 1. The molecule has 11 heteroatoms. The van der Waals surface area contributed by atoms with Gasteiger partial charge in [0.2, 0.25) is 11.1 Å². The lowest BCUT2D eigenvalue weighted by molar-refractivity contribution is -0.113. The van der Waals surface area contributed by atoms with Crippen molar-refractivity contribution in [3.05, 3.63) is 39.9 Å². The highest BCUT2D eigenvalue weighted by molar-refractivity contribution is 7.99. The number of anilines is 1. The molecule has 3 rings (SSSR count). The van der Waals surface area contributed by atoms with Crippen molar-refractivity contribution in [2.75, 3.05) is 17.7 Å². The van der Waals surface area contributed by atoms with Crippen LogP contribution in [-0.4, -0.2) is 49.4 Å². The first-order valence-electron chi connectivity index (χ1n) is 8.82. The van der Waals surface area contributed by atoms with Crippen molar-refractivity contribution >= 4 is 40.1 Å². The molecule has 0 unspecified atom stereocenters. The number of tetrazole rings is 1. The smallest absolute Gasteiger partial charge is 0.350 e. The van der Waals surface area contributed by atoms with Crippen molar-refractivity contribution in [2.24, 2.45) is 0 Å². The lowest BCUT2D eigenvalue weighted by Crippen LogP contribution is -2.14. The van der Waals surface area contributed by atoms with Gasteiger partial charge in [-0.05, 0) is 55.3 Å². The van der Waals surface area contributed by atoms with Crippen LogP contribution in [-0.2, 0) is 9.53 Å². The molecule has 29 heavy (non-hydrogen) atoms. The fourth-order valence-electron chi connectivity index (χ4n) is 2.49. The van der Waals surface area contributed by atoms with E-state index in [1.54, 1.807) is 18.5 Å². The van der Waals surface area contributed by atoms with Gasteiger partial charge >= 0.3 is 5.97 Å². The van der Waals surface area contributed by atoms with Crippen molar-refractivity contribution in [2.45, 2.75) is 32.9 Å². The van der Waals surface area contributed by atoms with Crippen LogP contribution in [0.2, 0.25) is 0 Å². The second-order valence-electron chi connectivity index (χ2n) is 6.15. The number of hydrogen-bond acceptors (Lipinski definition) is 9. The van der Waals surface area contributed by atoms with E-state index >= 15 is 0 Å². The predicted molar refractivity (Wildman–Crippen MR) is 111 cm³/mol. The van der Waals surface area contributed by atoms with Gasteiger partial charge in [0.15, 0.2) is 5.13 Å². The van der Waals surface area contributed by atoms with Crippen LogP contribution in [0.25, 0.3) is 5.69 Å². The SMILES string of the molecule is CCOC(=O)c1sc(NC(=O)CSc2nnnn2-c2cc(C)ccc2C)nc1C. The number of esters is 1. The van der Waals surface area contributed by atoms with E-state index in [0.717, 1.165) is 28.2 Å². The van der Waals surface area contributed by atoms with Crippen LogP contribution in [0.3, 0.4) is 0 Å². The van der Waals surface area contributed by atoms with E-state index < -0.39 is 5.97 Å². The molecule has 0 saturated carbocycles. The fraction of sp³-hybridized carbons (Fsp3) is 0.333. The summed E-state index contributed by atoms with van der Waals surface area (Å²) in [4.78, 5) is 28.8. The second-order valence-corrected chi connectivity index (χ2v) is 8.10. The molecule has 2 aromatic heterocycles. The highest BCUT2D eigenvalue weighted by Crippen LogP contribution is 2.25. The van der Waals surface area contributed by atoms with Gasteiger partial charge in [0, 0.05) is 0 Å². The molecule has 0 aliphatic rings. The zero-order valence-corrected chi connectivity index (χ0v) is 18.1. The standard InChI is InChI=1S/C18H20N6O3S2/c1-5-27-16(26)15-12(4)19-17(29-15)20-14(25)9-28-18-21-22-23-24(18)13-8-10(2)6-7-11(13)3/h6-8H,5,9H2,1-4H3,(H,19,20,25). The van der Waals surface area contributed by atoms with E-state index in [9.17, 15) is 9.59 Å². The Hall–Kier alpha value is -2.79. The molecule has 1 aromatic carbocycles. The van der Waals surface area contributed by atoms with Crippen LogP contribution in [0.15, 0.2) is 23.4 Å². The summed E-state index contributed by atoms with van der Waals surface area (Å²) < 4.78 is 6.60. The molecule has 1 N–H and O–H groups in total.